The highest BCUT2D eigenvalue weighted by Gasteiger charge is 2.22. The molecule has 0 spiro atoms. The van der Waals surface area contributed by atoms with Crippen molar-refractivity contribution in [3.05, 3.63) is 0 Å². The quantitative estimate of drug-likeness (QED) is 0.754. The van der Waals surface area contributed by atoms with Crippen molar-refractivity contribution >= 4 is 5.91 Å². The van der Waals surface area contributed by atoms with Gasteiger partial charge in [-0.05, 0) is 24.7 Å². The maximum absolute atomic E-state index is 11.6. The number of carbonyl (C=O) groups excluding carboxylic acids is 1. The maximum Gasteiger partial charge on any atom is 0.220 e. The number of hydrogen-bond donors (Lipinski definition) is 2. The van der Waals surface area contributed by atoms with Gasteiger partial charge in [-0.3, -0.25) is 4.79 Å². The number of hydrogen-bond acceptors (Lipinski definition) is 2. The summed E-state index contributed by atoms with van der Waals surface area (Å²) in [6, 6.07) is 0.289. The Balaban J connectivity index is 2.20. The summed E-state index contributed by atoms with van der Waals surface area (Å²) >= 11 is 0. The second-order valence-corrected chi connectivity index (χ2v) is 5.23. The van der Waals surface area contributed by atoms with Crippen molar-refractivity contribution < 1.29 is 4.79 Å². The summed E-state index contributed by atoms with van der Waals surface area (Å²) in [7, 11) is 0. The Morgan fingerprint density at radius 2 is 2.12 bits per heavy atom. The summed E-state index contributed by atoms with van der Waals surface area (Å²) in [5.74, 6) is 1.17. The van der Waals surface area contributed by atoms with Crippen molar-refractivity contribution in [3.8, 4) is 0 Å². The Kier molecular flexibility index (Phi) is 5.81. The Morgan fingerprint density at radius 1 is 1.44 bits per heavy atom. The van der Waals surface area contributed by atoms with E-state index in [2.05, 4.69) is 19.2 Å². The largest absolute Gasteiger partial charge is 0.356 e. The molecule has 94 valence electrons. The zero-order valence-corrected chi connectivity index (χ0v) is 10.7. The second kappa shape index (κ2) is 6.89. The van der Waals surface area contributed by atoms with Crippen molar-refractivity contribution in [2.45, 2.75) is 58.4 Å². The van der Waals surface area contributed by atoms with Gasteiger partial charge in [-0.2, -0.15) is 0 Å². The van der Waals surface area contributed by atoms with Crippen molar-refractivity contribution in [3.63, 3.8) is 0 Å². The molecule has 1 saturated carbocycles. The Bertz CT molecular complexity index is 218. The average Bonchev–Trinajstić information content (AvgIpc) is 2.28. The molecular formula is C13H26N2O. The van der Waals surface area contributed by atoms with Crippen LogP contribution in [0.5, 0.6) is 0 Å². The molecule has 16 heavy (non-hydrogen) atoms. The van der Waals surface area contributed by atoms with Gasteiger partial charge < -0.3 is 11.1 Å². The van der Waals surface area contributed by atoms with Gasteiger partial charge in [0.15, 0.2) is 0 Å². The number of carbonyl (C=O) groups is 1. The monoisotopic (exact) mass is 226 g/mol. The van der Waals surface area contributed by atoms with E-state index in [4.69, 9.17) is 5.73 Å². The SMILES string of the molecule is CCC(C)CC(=O)NCC1CCCCC1N. The highest BCUT2D eigenvalue weighted by Crippen LogP contribution is 2.22. The van der Waals surface area contributed by atoms with Gasteiger partial charge in [0.05, 0.1) is 0 Å². The molecule has 0 heterocycles. The molecule has 0 aliphatic heterocycles. The minimum atomic E-state index is 0.187. The molecule has 1 aliphatic carbocycles. The molecule has 0 aromatic carbocycles. The van der Waals surface area contributed by atoms with Crippen LogP contribution in [0.2, 0.25) is 0 Å². The van der Waals surface area contributed by atoms with E-state index in [1.165, 1.54) is 19.3 Å². The van der Waals surface area contributed by atoms with Crippen LogP contribution in [0.1, 0.15) is 52.4 Å². The molecule has 3 atom stereocenters. The Hall–Kier alpha value is -0.570. The van der Waals surface area contributed by atoms with Crippen LogP contribution in [0.25, 0.3) is 0 Å². The molecule has 3 N–H and O–H groups in total. The number of amides is 1. The van der Waals surface area contributed by atoms with Crippen LogP contribution in [0.3, 0.4) is 0 Å². The van der Waals surface area contributed by atoms with Gasteiger partial charge in [-0.25, -0.2) is 0 Å². The lowest BCUT2D eigenvalue weighted by Crippen LogP contribution is -2.41. The number of rotatable bonds is 5. The van der Waals surface area contributed by atoms with Gasteiger partial charge in [0.25, 0.3) is 0 Å². The molecule has 3 nitrogen and oxygen atoms in total. The van der Waals surface area contributed by atoms with E-state index in [0.29, 0.717) is 18.3 Å². The number of nitrogens with two attached hydrogens (primary N) is 1. The molecule has 0 aromatic heterocycles. The van der Waals surface area contributed by atoms with Crippen molar-refractivity contribution in [1.29, 1.82) is 0 Å². The molecular weight excluding hydrogens is 200 g/mol. The summed E-state index contributed by atoms with van der Waals surface area (Å²) < 4.78 is 0. The molecule has 0 bridgehead atoms. The van der Waals surface area contributed by atoms with Gasteiger partial charge in [-0.1, -0.05) is 33.1 Å². The van der Waals surface area contributed by atoms with Crippen LogP contribution >= 0.6 is 0 Å². The molecule has 1 aliphatic rings. The predicted octanol–water partition coefficient (Wildman–Crippen LogP) is 2.06. The lowest BCUT2D eigenvalue weighted by molar-refractivity contribution is -0.122. The summed E-state index contributed by atoms with van der Waals surface area (Å²) in [5.41, 5.74) is 6.04. The third kappa shape index (κ3) is 4.52. The third-order valence-electron chi connectivity index (χ3n) is 3.76. The second-order valence-electron chi connectivity index (χ2n) is 5.23. The Morgan fingerprint density at radius 3 is 2.75 bits per heavy atom. The minimum Gasteiger partial charge on any atom is -0.356 e. The summed E-state index contributed by atoms with van der Waals surface area (Å²) in [4.78, 5) is 11.6. The van der Waals surface area contributed by atoms with Crippen LogP contribution in [0.4, 0.5) is 0 Å². The fourth-order valence-corrected chi connectivity index (χ4v) is 2.27. The summed E-state index contributed by atoms with van der Waals surface area (Å²) in [6.07, 6.45) is 6.52. The van der Waals surface area contributed by atoms with Crippen LogP contribution in [-0.4, -0.2) is 18.5 Å². The lowest BCUT2D eigenvalue weighted by atomic mass is 9.85. The van der Waals surface area contributed by atoms with Crippen molar-refractivity contribution in [2.75, 3.05) is 6.54 Å². The highest BCUT2D eigenvalue weighted by molar-refractivity contribution is 5.76. The Labute approximate surface area is 99.2 Å². The van der Waals surface area contributed by atoms with E-state index in [1.807, 2.05) is 0 Å². The van der Waals surface area contributed by atoms with Gasteiger partial charge >= 0.3 is 0 Å². The third-order valence-corrected chi connectivity index (χ3v) is 3.76. The van der Waals surface area contributed by atoms with Crippen molar-refractivity contribution in [1.82, 2.24) is 5.32 Å². The topological polar surface area (TPSA) is 55.1 Å². The first kappa shape index (κ1) is 13.5. The molecule has 0 aromatic rings. The zero-order valence-electron chi connectivity index (χ0n) is 10.7. The average molecular weight is 226 g/mol. The molecule has 1 rings (SSSR count). The molecule has 3 unspecified atom stereocenters. The molecule has 0 saturated heterocycles. The van der Waals surface area contributed by atoms with E-state index in [0.717, 1.165) is 19.4 Å². The molecule has 0 radical (unpaired) electrons. The van der Waals surface area contributed by atoms with Crippen LogP contribution in [-0.2, 0) is 4.79 Å². The fraction of sp³-hybridized carbons (Fsp3) is 0.923. The highest BCUT2D eigenvalue weighted by atomic mass is 16.1. The van der Waals surface area contributed by atoms with E-state index < -0.39 is 0 Å². The zero-order chi connectivity index (χ0) is 12.0. The van der Waals surface area contributed by atoms with Gasteiger partial charge in [-0.15, -0.1) is 0 Å². The molecule has 3 heteroatoms. The van der Waals surface area contributed by atoms with Gasteiger partial charge in [0, 0.05) is 19.0 Å². The van der Waals surface area contributed by atoms with E-state index in [1.54, 1.807) is 0 Å². The normalized spacial score (nSPS) is 27.4. The maximum atomic E-state index is 11.6. The first-order chi connectivity index (χ1) is 7.63. The van der Waals surface area contributed by atoms with Crippen LogP contribution in [0, 0.1) is 11.8 Å². The van der Waals surface area contributed by atoms with E-state index in [9.17, 15) is 4.79 Å². The first-order valence-corrected chi connectivity index (χ1v) is 6.65. The van der Waals surface area contributed by atoms with E-state index in [-0.39, 0.29) is 11.9 Å². The van der Waals surface area contributed by atoms with Gasteiger partial charge in [0.2, 0.25) is 5.91 Å². The number of nitrogens with one attached hydrogen (secondary N) is 1. The van der Waals surface area contributed by atoms with Gasteiger partial charge in [0.1, 0.15) is 0 Å². The summed E-state index contributed by atoms with van der Waals surface area (Å²) in [5, 5.41) is 3.03. The van der Waals surface area contributed by atoms with E-state index >= 15 is 0 Å². The lowest BCUT2D eigenvalue weighted by Gasteiger charge is -2.28. The fourth-order valence-electron chi connectivity index (χ4n) is 2.27. The first-order valence-electron chi connectivity index (χ1n) is 6.65. The van der Waals surface area contributed by atoms with Crippen LogP contribution < -0.4 is 11.1 Å². The molecule has 1 fully saturated rings. The predicted molar refractivity (Wildman–Crippen MR) is 67.0 cm³/mol. The summed E-state index contributed by atoms with van der Waals surface area (Å²) in [6.45, 7) is 5.01. The standard InChI is InChI=1S/C13H26N2O/c1-3-10(2)8-13(16)15-9-11-6-4-5-7-12(11)14/h10-12H,3-9,14H2,1-2H3,(H,15,16). The van der Waals surface area contributed by atoms with Crippen molar-refractivity contribution in [2.24, 2.45) is 17.6 Å². The minimum absolute atomic E-state index is 0.187. The van der Waals surface area contributed by atoms with Crippen LogP contribution in [0.15, 0.2) is 0 Å². The molecule has 1 amide bonds. The smallest absolute Gasteiger partial charge is 0.220 e.